The molecule has 1 aromatic heterocycles. The number of amides is 1. The number of ketones is 1. The Morgan fingerprint density at radius 3 is 2.90 bits per heavy atom. The fourth-order valence-corrected chi connectivity index (χ4v) is 2.71. The van der Waals surface area contributed by atoms with Gasteiger partial charge in [0.05, 0.1) is 6.42 Å². The van der Waals surface area contributed by atoms with Crippen LogP contribution in [0.25, 0.3) is 0 Å². The summed E-state index contributed by atoms with van der Waals surface area (Å²) in [5.41, 5.74) is -0.572. The standard InChI is InChI=1S/C15H11BrN2O3/c16-10-3-4-12-11(6-10)15(21,14(20)18-12)7-13(19)9-2-1-5-17-8-9/h1-6,8,21H,7H2,(H,18,20). The number of carbonyl (C=O) groups excluding carboxylic acids is 2. The maximum atomic E-state index is 12.3. The number of pyridine rings is 1. The third-order valence-corrected chi connectivity index (χ3v) is 3.94. The molecular formula is C15H11BrN2O3. The summed E-state index contributed by atoms with van der Waals surface area (Å²) in [6.07, 6.45) is 2.65. The highest BCUT2D eigenvalue weighted by molar-refractivity contribution is 9.10. The molecule has 0 fully saturated rings. The summed E-state index contributed by atoms with van der Waals surface area (Å²) in [6, 6.07) is 8.32. The van der Waals surface area contributed by atoms with Crippen LogP contribution in [0.5, 0.6) is 0 Å². The molecule has 106 valence electrons. The minimum Gasteiger partial charge on any atom is -0.375 e. The second-order valence-corrected chi connectivity index (χ2v) is 5.76. The summed E-state index contributed by atoms with van der Waals surface area (Å²) in [5.74, 6) is -0.929. The number of rotatable bonds is 3. The molecule has 1 aromatic carbocycles. The topological polar surface area (TPSA) is 79.3 Å². The number of Topliss-reactive ketones (excluding diaryl/α,β-unsaturated/α-hetero) is 1. The summed E-state index contributed by atoms with van der Waals surface area (Å²) in [5, 5.41) is 13.3. The molecule has 0 saturated carbocycles. The van der Waals surface area contributed by atoms with Gasteiger partial charge in [-0.1, -0.05) is 15.9 Å². The van der Waals surface area contributed by atoms with Crippen molar-refractivity contribution in [1.29, 1.82) is 0 Å². The van der Waals surface area contributed by atoms with E-state index in [-0.39, 0.29) is 12.2 Å². The van der Waals surface area contributed by atoms with Gasteiger partial charge in [-0.05, 0) is 30.3 Å². The predicted octanol–water partition coefficient (Wildman–Crippen LogP) is 2.26. The quantitative estimate of drug-likeness (QED) is 0.835. The van der Waals surface area contributed by atoms with E-state index < -0.39 is 11.5 Å². The van der Waals surface area contributed by atoms with Crippen LogP contribution >= 0.6 is 15.9 Å². The van der Waals surface area contributed by atoms with Crippen molar-refractivity contribution in [2.45, 2.75) is 12.0 Å². The lowest BCUT2D eigenvalue weighted by Gasteiger charge is -2.20. The van der Waals surface area contributed by atoms with Gasteiger partial charge in [-0.3, -0.25) is 14.6 Å². The highest BCUT2D eigenvalue weighted by Crippen LogP contribution is 2.40. The van der Waals surface area contributed by atoms with Crippen LogP contribution in [0.3, 0.4) is 0 Å². The van der Waals surface area contributed by atoms with E-state index in [1.54, 1.807) is 36.5 Å². The summed E-state index contributed by atoms with van der Waals surface area (Å²) in [6.45, 7) is 0. The van der Waals surface area contributed by atoms with Gasteiger partial charge in [0, 0.05) is 33.7 Å². The number of aliphatic hydroxyl groups is 1. The molecule has 2 N–H and O–H groups in total. The van der Waals surface area contributed by atoms with Crippen LogP contribution in [-0.4, -0.2) is 21.8 Å². The van der Waals surface area contributed by atoms with E-state index in [0.717, 1.165) is 4.47 Å². The molecule has 1 atom stereocenters. The van der Waals surface area contributed by atoms with Crippen LogP contribution in [-0.2, 0) is 10.4 Å². The first-order valence-electron chi connectivity index (χ1n) is 6.28. The van der Waals surface area contributed by atoms with E-state index in [0.29, 0.717) is 16.8 Å². The summed E-state index contributed by atoms with van der Waals surface area (Å²) < 4.78 is 0.727. The first kappa shape index (κ1) is 13.9. The van der Waals surface area contributed by atoms with Crippen LogP contribution in [0.15, 0.2) is 47.2 Å². The molecule has 0 radical (unpaired) electrons. The van der Waals surface area contributed by atoms with Crippen molar-refractivity contribution in [3.63, 3.8) is 0 Å². The lowest BCUT2D eigenvalue weighted by Crippen LogP contribution is -2.36. The van der Waals surface area contributed by atoms with Crippen molar-refractivity contribution < 1.29 is 14.7 Å². The number of hydrogen-bond acceptors (Lipinski definition) is 4. The van der Waals surface area contributed by atoms with Gasteiger partial charge >= 0.3 is 0 Å². The Bertz CT molecular complexity index is 733. The molecule has 1 aliphatic rings. The van der Waals surface area contributed by atoms with Crippen molar-refractivity contribution in [2.24, 2.45) is 0 Å². The van der Waals surface area contributed by atoms with Gasteiger partial charge in [0.1, 0.15) is 0 Å². The number of aromatic nitrogens is 1. The first-order chi connectivity index (χ1) is 10.0. The van der Waals surface area contributed by atoms with Crippen LogP contribution in [0, 0.1) is 0 Å². The smallest absolute Gasteiger partial charge is 0.261 e. The average Bonchev–Trinajstić information content (AvgIpc) is 2.72. The van der Waals surface area contributed by atoms with Gasteiger partial charge in [-0.2, -0.15) is 0 Å². The highest BCUT2D eigenvalue weighted by atomic mass is 79.9. The van der Waals surface area contributed by atoms with E-state index in [1.165, 1.54) is 6.20 Å². The number of nitrogens with zero attached hydrogens (tertiary/aromatic N) is 1. The van der Waals surface area contributed by atoms with Crippen LogP contribution in [0.4, 0.5) is 5.69 Å². The molecule has 0 aliphatic carbocycles. The van der Waals surface area contributed by atoms with Crippen molar-refractivity contribution >= 4 is 33.3 Å². The number of halogens is 1. The Morgan fingerprint density at radius 2 is 2.19 bits per heavy atom. The number of nitrogens with one attached hydrogen (secondary N) is 1. The Kier molecular flexibility index (Phi) is 3.35. The summed E-state index contributed by atoms with van der Waals surface area (Å²) in [4.78, 5) is 28.2. The molecule has 21 heavy (non-hydrogen) atoms. The Labute approximate surface area is 129 Å². The molecule has 6 heteroatoms. The van der Waals surface area contributed by atoms with Gasteiger partial charge in [0.2, 0.25) is 0 Å². The van der Waals surface area contributed by atoms with Crippen LogP contribution in [0.2, 0.25) is 0 Å². The molecule has 2 aromatic rings. The molecule has 0 spiro atoms. The molecule has 5 nitrogen and oxygen atoms in total. The van der Waals surface area contributed by atoms with Gasteiger partial charge in [0.15, 0.2) is 11.4 Å². The summed E-state index contributed by atoms with van der Waals surface area (Å²) in [7, 11) is 0. The van der Waals surface area contributed by atoms with Crippen molar-refractivity contribution in [3.8, 4) is 0 Å². The maximum absolute atomic E-state index is 12.3. The van der Waals surface area contributed by atoms with E-state index in [1.807, 2.05) is 0 Å². The molecule has 0 saturated heterocycles. The lowest BCUT2D eigenvalue weighted by atomic mass is 9.88. The molecule has 0 bridgehead atoms. The Balaban J connectivity index is 1.97. The zero-order chi connectivity index (χ0) is 15.0. The molecular weight excluding hydrogens is 336 g/mol. The largest absolute Gasteiger partial charge is 0.375 e. The zero-order valence-electron chi connectivity index (χ0n) is 10.8. The van der Waals surface area contributed by atoms with Gasteiger partial charge in [-0.25, -0.2) is 0 Å². The second kappa shape index (κ2) is 5.05. The molecule has 1 aliphatic heterocycles. The van der Waals surface area contributed by atoms with Crippen LogP contribution in [0.1, 0.15) is 22.3 Å². The van der Waals surface area contributed by atoms with E-state index in [9.17, 15) is 14.7 Å². The number of anilines is 1. The minimum atomic E-state index is -1.86. The van der Waals surface area contributed by atoms with Crippen molar-refractivity contribution in [2.75, 3.05) is 5.32 Å². The fourth-order valence-electron chi connectivity index (χ4n) is 2.35. The SMILES string of the molecule is O=C(CC1(O)C(=O)Nc2ccc(Br)cc21)c1cccnc1. The number of hydrogen-bond donors (Lipinski definition) is 2. The molecule has 1 unspecified atom stereocenters. The highest BCUT2D eigenvalue weighted by Gasteiger charge is 2.46. The molecule has 3 rings (SSSR count). The van der Waals surface area contributed by atoms with Crippen molar-refractivity contribution in [3.05, 3.63) is 58.3 Å². The van der Waals surface area contributed by atoms with Gasteiger partial charge in [-0.15, -0.1) is 0 Å². The molecule has 2 heterocycles. The lowest BCUT2D eigenvalue weighted by molar-refractivity contribution is -0.133. The zero-order valence-corrected chi connectivity index (χ0v) is 12.4. The normalized spacial score (nSPS) is 20.0. The predicted molar refractivity (Wildman–Crippen MR) is 79.9 cm³/mol. The summed E-state index contributed by atoms with van der Waals surface area (Å²) >= 11 is 3.30. The Morgan fingerprint density at radius 1 is 1.38 bits per heavy atom. The number of benzene rings is 1. The van der Waals surface area contributed by atoms with E-state index in [4.69, 9.17) is 0 Å². The Hall–Kier alpha value is -2.05. The third kappa shape index (κ3) is 2.36. The fraction of sp³-hybridized carbons (Fsp3) is 0.133. The van der Waals surface area contributed by atoms with E-state index >= 15 is 0 Å². The van der Waals surface area contributed by atoms with E-state index in [2.05, 4.69) is 26.2 Å². The maximum Gasteiger partial charge on any atom is 0.261 e. The number of carbonyl (C=O) groups is 2. The monoisotopic (exact) mass is 346 g/mol. The minimum absolute atomic E-state index is 0.325. The van der Waals surface area contributed by atoms with Gasteiger partial charge in [0.25, 0.3) is 5.91 Å². The average molecular weight is 347 g/mol. The first-order valence-corrected chi connectivity index (χ1v) is 7.07. The second-order valence-electron chi connectivity index (χ2n) is 4.85. The number of fused-ring (bicyclic) bond motifs is 1. The van der Waals surface area contributed by atoms with Crippen molar-refractivity contribution in [1.82, 2.24) is 4.98 Å². The van der Waals surface area contributed by atoms with Crippen LogP contribution < -0.4 is 5.32 Å². The molecule has 1 amide bonds. The third-order valence-electron chi connectivity index (χ3n) is 3.45. The van der Waals surface area contributed by atoms with Gasteiger partial charge < -0.3 is 10.4 Å².